The lowest BCUT2D eigenvalue weighted by atomic mass is 10.2. The van der Waals surface area contributed by atoms with E-state index in [0.29, 0.717) is 0 Å². The SMILES string of the molecule is C#CC(CC(F)F)NC(=O)OC(C)(C)C. The highest BCUT2D eigenvalue weighted by Crippen LogP contribution is 2.08. The van der Waals surface area contributed by atoms with Gasteiger partial charge in [0.05, 0.1) is 6.04 Å². The molecule has 0 aliphatic carbocycles. The summed E-state index contributed by atoms with van der Waals surface area (Å²) >= 11 is 0. The number of hydrogen-bond acceptors (Lipinski definition) is 2. The normalized spacial score (nSPS) is 13.1. The van der Waals surface area contributed by atoms with Crippen molar-refractivity contribution >= 4 is 6.09 Å². The zero-order valence-electron chi connectivity index (χ0n) is 9.01. The van der Waals surface area contributed by atoms with Gasteiger partial charge in [0.1, 0.15) is 5.60 Å². The summed E-state index contributed by atoms with van der Waals surface area (Å²) in [5.41, 5.74) is -0.673. The molecule has 1 N–H and O–H groups in total. The molecule has 1 atom stereocenters. The van der Waals surface area contributed by atoms with E-state index in [4.69, 9.17) is 11.2 Å². The van der Waals surface area contributed by atoms with Gasteiger partial charge in [-0.1, -0.05) is 5.92 Å². The third-order valence-corrected chi connectivity index (χ3v) is 1.31. The maximum absolute atomic E-state index is 12.0. The highest BCUT2D eigenvalue weighted by atomic mass is 19.3. The van der Waals surface area contributed by atoms with Gasteiger partial charge in [0.25, 0.3) is 0 Å². The van der Waals surface area contributed by atoms with Gasteiger partial charge in [0.15, 0.2) is 0 Å². The second-order valence-corrected chi connectivity index (χ2v) is 3.99. The van der Waals surface area contributed by atoms with Crippen LogP contribution in [0.2, 0.25) is 0 Å². The molecule has 1 amide bonds. The average molecular weight is 219 g/mol. The minimum Gasteiger partial charge on any atom is -0.444 e. The molecule has 0 saturated heterocycles. The van der Waals surface area contributed by atoms with Gasteiger partial charge in [-0.25, -0.2) is 13.6 Å². The smallest absolute Gasteiger partial charge is 0.408 e. The monoisotopic (exact) mass is 219 g/mol. The summed E-state index contributed by atoms with van der Waals surface area (Å²) in [7, 11) is 0. The fourth-order valence-electron chi connectivity index (χ4n) is 0.797. The molecule has 15 heavy (non-hydrogen) atoms. The predicted octanol–water partition coefficient (Wildman–Crippen LogP) is 2.17. The lowest BCUT2D eigenvalue weighted by molar-refractivity contribution is 0.0494. The van der Waals surface area contributed by atoms with Gasteiger partial charge < -0.3 is 10.1 Å². The molecule has 0 radical (unpaired) electrons. The molecular weight excluding hydrogens is 204 g/mol. The fraction of sp³-hybridized carbons (Fsp3) is 0.700. The third-order valence-electron chi connectivity index (χ3n) is 1.31. The Hall–Kier alpha value is -1.31. The maximum atomic E-state index is 12.0. The first kappa shape index (κ1) is 13.7. The van der Waals surface area contributed by atoms with Gasteiger partial charge in [0.2, 0.25) is 6.43 Å². The summed E-state index contributed by atoms with van der Waals surface area (Å²) in [5.74, 6) is 2.06. The summed E-state index contributed by atoms with van der Waals surface area (Å²) < 4.78 is 28.8. The van der Waals surface area contributed by atoms with E-state index in [1.54, 1.807) is 20.8 Å². The van der Waals surface area contributed by atoms with Crippen LogP contribution in [-0.2, 0) is 4.74 Å². The Balaban J connectivity index is 4.10. The van der Waals surface area contributed by atoms with Crippen molar-refractivity contribution in [2.75, 3.05) is 0 Å². The molecule has 0 rings (SSSR count). The zero-order valence-corrected chi connectivity index (χ0v) is 9.01. The van der Waals surface area contributed by atoms with E-state index in [-0.39, 0.29) is 0 Å². The van der Waals surface area contributed by atoms with Crippen molar-refractivity contribution in [2.45, 2.75) is 45.3 Å². The summed E-state index contributed by atoms with van der Waals surface area (Å²) in [4.78, 5) is 11.1. The van der Waals surface area contributed by atoms with Crippen molar-refractivity contribution in [2.24, 2.45) is 0 Å². The molecular formula is C10H15F2NO2. The van der Waals surface area contributed by atoms with E-state index in [9.17, 15) is 13.6 Å². The molecule has 0 aromatic rings. The highest BCUT2D eigenvalue weighted by molar-refractivity contribution is 5.68. The number of hydrogen-bond donors (Lipinski definition) is 1. The van der Waals surface area contributed by atoms with Crippen LogP contribution in [0.3, 0.4) is 0 Å². The standard InChI is InChI=1S/C10H15F2NO2/c1-5-7(6-8(11)12)13-9(14)15-10(2,3)4/h1,7-8H,6H2,2-4H3,(H,13,14). The van der Waals surface area contributed by atoms with Crippen LogP contribution in [0.25, 0.3) is 0 Å². The Morgan fingerprint density at radius 2 is 2.07 bits per heavy atom. The third kappa shape index (κ3) is 7.74. The van der Waals surface area contributed by atoms with Gasteiger partial charge in [-0.2, -0.15) is 0 Å². The number of alkyl carbamates (subject to hydrolysis) is 1. The zero-order chi connectivity index (χ0) is 12.1. The van der Waals surface area contributed by atoms with Crippen molar-refractivity contribution in [3.05, 3.63) is 0 Å². The molecule has 86 valence electrons. The molecule has 0 fully saturated rings. The van der Waals surface area contributed by atoms with Crippen molar-refractivity contribution in [1.29, 1.82) is 0 Å². The second kappa shape index (κ2) is 5.54. The van der Waals surface area contributed by atoms with E-state index in [1.165, 1.54) is 0 Å². The topological polar surface area (TPSA) is 38.3 Å². The minimum absolute atomic E-state index is 0.574. The molecule has 5 heteroatoms. The molecule has 0 bridgehead atoms. The number of rotatable bonds is 3. The van der Waals surface area contributed by atoms with E-state index < -0.39 is 30.6 Å². The molecule has 0 aliphatic rings. The van der Waals surface area contributed by atoms with Crippen molar-refractivity contribution in [1.82, 2.24) is 5.32 Å². The number of amides is 1. The molecule has 0 aromatic carbocycles. The van der Waals surface area contributed by atoms with Crippen LogP contribution < -0.4 is 5.32 Å². The number of halogens is 2. The van der Waals surface area contributed by atoms with Gasteiger partial charge in [-0.05, 0) is 20.8 Å². The number of carbonyl (C=O) groups excluding carboxylic acids is 1. The maximum Gasteiger partial charge on any atom is 0.408 e. The molecule has 0 aromatic heterocycles. The van der Waals surface area contributed by atoms with Crippen LogP contribution in [0, 0.1) is 12.3 Å². The fourth-order valence-corrected chi connectivity index (χ4v) is 0.797. The lowest BCUT2D eigenvalue weighted by Gasteiger charge is -2.21. The van der Waals surface area contributed by atoms with E-state index >= 15 is 0 Å². The Labute approximate surface area is 88.2 Å². The number of alkyl halides is 2. The molecule has 1 unspecified atom stereocenters. The summed E-state index contributed by atoms with van der Waals surface area (Å²) in [6.45, 7) is 5.01. The van der Waals surface area contributed by atoms with E-state index in [1.807, 2.05) is 0 Å². The van der Waals surface area contributed by atoms with Crippen LogP contribution in [-0.4, -0.2) is 24.2 Å². The second-order valence-electron chi connectivity index (χ2n) is 3.99. The van der Waals surface area contributed by atoms with Gasteiger partial charge in [-0.3, -0.25) is 0 Å². The van der Waals surface area contributed by atoms with Crippen LogP contribution in [0.15, 0.2) is 0 Å². The van der Waals surface area contributed by atoms with Gasteiger partial charge >= 0.3 is 6.09 Å². The Morgan fingerprint density at radius 1 is 1.53 bits per heavy atom. The lowest BCUT2D eigenvalue weighted by Crippen LogP contribution is -2.39. The summed E-state index contributed by atoms with van der Waals surface area (Å²) in [5, 5.41) is 2.18. The quantitative estimate of drug-likeness (QED) is 0.739. The molecule has 0 saturated carbocycles. The predicted molar refractivity (Wildman–Crippen MR) is 52.6 cm³/mol. The number of ether oxygens (including phenoxy) is 1. The Bertz CT molecular complexity index is 253. The van der Waals surface area contributed by atoms with Crippen molar-refractivity contribution in [3.63, 3.8) is 0 Å². The average Bonchev–Trinajstić information content (AvgIpc) is 1.98. The van der Waals surface area contributed by atoms with Gasteiger partial charge in [-0.15, -0.1) is 6.42 Å². The number of carbonyl (C=O) groups is 1. The van der Waals surface area contributed by atoms with Crippen molar-refractivity contribution < 1.29 is 18.3 Å². The van der Waals surface area contributed by atoms with Gasteiger partial charge in [0, 0.05) is 6.42 Å². The molecule has 0 aliphatic heterocycles. The first-order valence-electron chi connectivity index (χ1n) is 4.48. The van der Waals surface area contributed by atoms with Crippen LogP contribution >= 0.6 is 0 Å². The Morgan fingerprint density at radius 3 is 2.40 bits per heavy atom. The summed E-state index contributed by atoms with van der Waals surface area (Å²) in [6, 6.07) is -1.00. The van der Waals surface area contributed by atoms with Crippen LogP contribution in [0.1, 0.15) is 27.2 Å². The Kier molecular flexibility index (Phi) is 5.06. The van der Waals surface area contributed by atoms with Crippen LogP contribution in [0.4, 0.5) is 13.6 Å². The minimum atomic E-state index is -2.55. The highest BCUT2D eigenvalue weighted by Gasteiger charge is 2.20. The molecule has 3 nitrogen and oxygen atoms in total. The number of terminal acetylenes is 1. The molecule has 0 spiro atoms. The van der Waals surface area contributed by atoms with E-state index in [0.717, 1.165) is 0 Å². The first-order chi connectivity index (χ1) is 6.74. The van der Waals surface area contributed by atoms with E-state index in [2.05, 4.69) is 11.2 Å². The summed E-state index contributed by atoms with van der Waals surface area (Å²) in [6.07, 6.45) is 1.07. The van der Waals surface area contributed by atoms with Crippen molar-refractivity contribution in [3.8, 4) is 12.3 Å². The number of nitrogens with one attached hydrogen (secondary N) is 1. The van der Waals surface area contributed by atoms with Crippen LogP contribution in [0.5, 0.6) is 0 Å². The molecule has 0 heterocycles. The first-order valence-corrected chi connectivity index (χ1v) is 4.48. The largest absolute Gasteiger partial charge is 0.444 e.